The third-order valence-electron chi connectivity index (χ3n) is 6.98. The number of carbonyl (C=O) groups excluding carboxylic acids is 1. The smallest absolute Gasteiger partial charge is 0.416 e. The molecule has 8 nitrogen and oxygen atoms in total. The van der Waals surface area contributed by atoms with Gasteiger partial charge in [-0.15, -0.1) is 0 Å². The minimum absolute atomic E-state index is 0.125. The van der Waals surface area contributed by atoms with Gasteiger partial charge in [0.1, 0.15) is 5.75 Å². The molecule has 2 heterocycles. The lowest BCUT2D eigenvalue weighted by Crippen LogP contribution is -2.31. The molecule has 11 heteroatoms. The molecule has 0 radical (unpaired) electrons. The molecule has 208 valence electrons. The fraction of sp³-hybridized carbons (Fsp3) is 0.276. The lowest BCUT2D eigenvalue weighted by molar-refractivity contribution is -0.137. The second-order valence-corrected chi connectivity index (χ2v) is 9.79. The Morgan fingerprint density at radius 3 is 2.65 bits per heavy atom. The van der Waals surface area contributed by atoms with Crippen LogP contribution in [0, 0.1) is 0 Å². The molecule has 0 aliphatic carbocycles. The molecule has 1 amide bonds. The Kier molecular flexibility index (Phi) is 7.49. The van der Waals surface area contributed by atoms with E-state index in [9.17, 15) is 18.0 Å². The van der Waals surface area contributed by atoms with Gasteiger partial charge in [0, 0.05) is 44.0 Å². The molecule has 1 saturated heterocycles. The van der Waals surface area contributed by atoms with E-state index in [1.165, 1.54) is 6.07 Å². The van der Waals surface area contributed by atoms with Gasteiger partial charge in [0.2, 0.25) is 11.8 Å². The van der Waals surface area contributed by atoms with Gasteiger partial charge in [-0.1, -0.05) is 12.1 Å². The Hall–Kier alpha value is -4.38. The van der Waals surface area contributed by atoms with E-state index in [0.717, 1.165) is 23.9 Å². The largest absolute Gasteiger partial charge is 0.439 e. The summed E-state index contributed by atoms with van der Waals surface area (Å²) in [4.78, 5) is 25.9. The van der Waals surface area contributed by atoms with E-state index in [1.54, 1.807) is 49.6 Å². The van der Waals surface area contributed by atoms with E-state index in [-0.39, 0.29) is 11.7 Å². The van der Waals surface area contributed by atoms with Gasteiger partial charge < -0.3 is 25.2 Å². The van der Waals surface area contributed by atoms with E-state index in [2.05, 4.69) is 25.5 Å². The van der Waals surface area contributed by atoms with Crippen molar-refractivity contribution in [3.63, 3.8) is 0 Å². The number of alkyl halides is 3. The van der Waals surface area contributed by atoms with Crippen molar-refractivity contribution in [2.24, 2.45) is 0 Å². The van der Waals surface area contributed by atoms with Crippen molar-refractivity contribution in [1.82, 2.24) is 14.9 Å². The Bertz CT molecular complexity index is 1540. The first-order valence-electron chi connectivity index (χ1n) is 12.8. The highest BCUT2D eigenvalue weighted by molar-refractivity contribution is 6.14. The normalized spacial score (nSPS) is 15.5. The molecule has 1 aliphatic heterocycles. The maximum atomic E-state index is 13.6. The summed E-state index contributed by atoms with van der Waals surface area (Å²) < 4.78 is 46.6. The van der Waals surface area contributed by atoms with E-state index < -0.39 is 17.6 Å². The first kappa shape index (κ1) is 27.2. The maximum absolute atomic E-state index is 13.6. The van der Waals surface area contributed by atoms with Crippen LogP contribution in [0.25, 0.3) is 10.8 Å². The number of benzene rings is 3. The van der Waals surface area contributed by atoms with Crippen LogP contribution in [-0.4, -0.2) is 61.0 Å². The number of hydrogen-bond donors (Lipinski definition) is 2. The van der Waals surface area contributed by atoms with Crippen LogP contribution in [0.2, 0.25) is 0 Å². The quantitative estimate of drug-likeness (QED) is 0.298. The molecule has 2 N–H and O–H groups in total. The molecule has 0 saturated carbocycles. The summed E-state index contributed by atoms with van der Waals surface area (Å²) in [7, 11) is 5.66. The predicted octanol–water partition coefficient (Wildman–Crippen LogP) is 5.88. The molecule has 0 bridgehead atoms. The van der Waals surface area contributed by atoms with E-state index in [4.69, 9.17) is 4.74 Å². The van der Waals surface area contributed by atoms with Gasteiger partial charge in [-0.3, -0.25) is 4.79 Å². The molecule has 40 heavy (non-hydrogen) atoms. The van der Waals surface area contributed by atoms with E-state index in [0.29, 0.717) is 47.3 Å². The Morgan fingerprint density at radius 2 is 1.93 bits per heavy atom. The number of ether oxygens (including phenoxy) is 1. The van der Waals surface area contributed by atoms with Crippen molar-refractivity contribution in [3.05, 3.63) is 78.0 Å². The summed E-state index contributed by atoms with van der Waals surface area (Å²) in [6, 6.07) is 15.8. The summed E-state index contributed by atoms with van der Waals surface area (Å²) in [6.07, 6.45) is -2.09. The molecule has 5 rings (SSSR count). The second kappa shape index (κ2) is 11.0. The summed E-state index contributed by atoms with van der Waals surface area (Å²) >= 11 is 0. The SMILES string of the molecule is CNc1nccc(Oc2ccc3c(C(=O)Nc4cc(C(F)(F)F)ccc4N4CCC(N(C)C)C4)cccc3c2)n1. The molecule has 1 fully saturated rings. The van der Waals surface area contributed by atoms with Crippen molar-refractivity contribution in [2.75, 3.05) is 49.8 Å². The van der Waals surface area contributed by atoms with Gasteiger partial charge in [-0.05, 0) is 73.8 Å². The average molecular weight is 551 g/mol. The monoisotopic (exact) mass is 550 g/mol. The summed E-state index contributed by atoms with van der Waals surface area (Å²) in [6.45, 7) is 1.33. The fourth-order valence-corrected chi connectivity index (χ4v) is 4.82. The molecular formula is C29H29F3N6O2. The highest BCUT2D eigenvalue weighted by Gasteiger charge is 2.33. The number of rotatable bonds is 7. The van der Waals surface area contributed by atoms with Crippen LogP contribution in [0.15, 0.2) is 66.9 Å². The minimum atomic E-state index is -4.54. The van der Waals surface area contributed by atoms with E-state index >= 15 is 0 Å². The molecule has 0 spiro atoms. The summed E-state index contributed by atoms with van der Waals surface area (Å²) in [5.74, 6) is 0.772. The number of halogens is 3. The standard InChI is InChI=1S/C29H29F3N6O2/c1-33-28-34-13-11-26(36-28)40-21-8-9-22-18(15-21)5-4-6-23(22)27(39)35-24-16-19(29(30,31)32)7-10-25(24)38-14-12-20(17-38)37(2)3/h4-11,13,15-16,20H,12,14,17H2,1-3H3,(H,35,39)(H,33,34,36). The first-order chi connectivity index (χ1) is 19.1. The number of amides is 1. The molecule has 1 atom stereocenters. The lowest BCUT2D eigenvalue weighted by atomic mass is 10.0. The zero-order chi connectivity index (χ0) is 28.4. The van der Waals surface area contributed by atoms with E-state index in [1.807, 2.05) is 25.1 Å². The highest BCUT2D eigenvalue weighted by Crippen LogP contribution is 2.37. The van der Waals surface area contributed by atoms with Crippen LogP contribution in [-0.2, 0) is 6.18 Å². The van der Waals surface area contributed by atoms with Crippen LogP contribution in [0.1, 0.15) is 22.3 Å². The van der Waals surface area contributed by atoms with Gasteiger partial charge in [-0.25, -0.2) is 4.98 Å². The molecular weight excluding hydrogens is 521 g/mol. The van der Waals surface area contributed by atoms with Crippen molar-refractivity contribution < 1.29 is 22.7 Å². The summed E-state index contributed by atoms with van der Waals surface area (Å²) in [5, 5.41) is 6.98. The maximum Gasteiger partial charge on any atom is 0.416 e. The minimum Gasteiger partial charge on any atom is -0.439 e. The topological polar surface area (TPSA) is 82.6 Å². The fourth-order valence-electron chi connectivity index (χ4n) is 4.82. The first-order valence-corrected chi connectivity index (χ1v) is 12.8. The van der Waals surface area contributed by atoms with Gasteiger partial charge in [0.15, 0.2) is 0 Å². The number of nitrogens with zero attached hydrogens (tertiary/aromatic N) is 4. The Labute approximate surface area is 229 Å². The number of anilines is 3. The zero-order valence-corrected chi connectivity index (χ0v) is 22.3. The lowest BCUT2D eigenvalue weighted by Gasteiger charge is -2.25. The van der Waals surface area contributed by atoms with Gasteiger partial charge in [-0.2, -0.15) is 18.2 Å². The number of hydrogen-bond acceptors (Lipinski definition) is 7. The van der Waals surface area contributed by atoms with Gasteiger partial charge >= 0.3 is 6.18 Å². The third-order valence-corrected chi connectivity index (χ3v) is 6.98. The molecule has 1 unspecified atom stereocenters. The molecule has 3 aromatic carbocycles. The van der Waals surface area contributed by atoms with Gasteiger partial charge in [0.05, 0.1) is 16.9 Å². The van der Waals surface area contributed by atoms with Crippen LogP contribution < -0.4 is 20.3 Å². The average Bonchev–Trinajstić information content (AvgIpc) is 3.43. The Balaban J connectivity index is 1.44. The van der Waals surface area contributed by atoms with Crippen LogP contribution in [0.3, 0.4) is 0 Å². The number of aromatic nitrogens is 2. The predicted molar refractivity (Wildman–Crippen MR) is 149 cm³/mol. The molecule has 1 aliphatic rings. The third kappa shape index (κ3) is 5.79. The Morgan fingerprint density at radius 1 is 1.10 bits per heavy atom. The molecule has 1 aromatic heterocycles. The number of nitrogens with one attached hydrogen (secondary N) is 2. The van der Waals surface area contributed by atoms with Crippen LogP contribution in [0.4, 0.5) is 30.5 Å². The van der Waals surface area contributed by atoms with Crippen molar-refractivity contribution >= 4 is 34.0 Å². The van der Waals surface area contributed by atoms with Crippen LogP contribution in [0.5, 0.6) is 11.6 Å². The number of likely N-dealkylation sites (N-methyl/N-ethyl adjacent to an activating group) is 1. The van der Waals surface area contributed by atoms with Gasteiger partial charge in [0.25, 0.3) is 5.91 Å². The van der Waals surface area contributed by atoms with Crippen molar-refractivity contribution in [3.8, 4) is 11.6 Å². The summed E-state index contributed by atoms with van der Waals surface area (Å²) in [5.41, 5.74) is 0.202. The number of fused-ring (bicyclic) bond motifs is 1. The zero-order valence-electron chi connectivity index (χ0n) is 22.3. The second-order valence-electron chi connectivity index (χ2n) is 9.79. The number of carbonyl (C=O) groups is 1. The van der Waals surface area contributed by atoms with Crippen LogP contribution >= 0.6 is 0 Å². The van der Waals surface area contributed by atoms with Crippen molar-refractivity contribution in [2.45, 2.75) is 18.6 Å². The van der Waals surface area contributed by atoms with Crippen molar-refractivity contribution in [1.29, 1.82) is 0 Å². The molecule has 4 aromatic rings. The highest BCUT2D eigenvalue weighted by atomic mass is 19.4.